The number of carboxylic acids is 2. The molecule has 260 valence electrons. The van der Waals surface area contributed by atoms with Gasteiger partial charge in [0.25, 0.3) is 0 Å². The molecule has 13 N–H and O–H groups in total. The van der Waals surface area contributed by atoms with E-state index in [9.17, 15) is 38.4 Å². The van der Waals surface area contributed by atoms with Gasteiger partial charge in [0.1, 0.15) is 30.2 Å². The number of nitrogens with zero attached hydrogens (tertiary/aromatic N) is 1. The van der Waals surface area contributed by atoms with Crippen LogP contribution in [0.4, 0.5) is 0 Å². The van der Waals surface area contributed by atoms with Gasteiger partial charge in [-0.25, -0.2) is 4.79 Å². The van der Waals surface area contributed by atoms with E-state index in [1.54, 1.807) is 0 Å². The standard InChI is InChI=1S/C26H44N8O12/c27-8-2-1-4-15(22(41)29-10-20(38)32-17(13-36)26(45)46)33-23(42)16(6-7-21(39)40)31-19(37)11-30-24(43)18-5-3-9-34(18)25(44)14(28)12-35/h14-18,35-36H,1-13,27-28H2,(H,29,41)(H,30,43)(H,31,37)(H,32,38)(H,33,42)(H,39,40)(H,45,46)/t14-,15-,16-,17-,18-/m0/s1. The molecule has 20 nitrogen and oxygen atoms in total. The van der Waals surface area contributed by atoms with Crippen LogP contribution >= 0.6 is 0 Å². The highest BCUT2D eigenvalue weighted by Gasteiger charge is 2.36. The van der Waals surface area contributed by atoms with Crippen molar-refractivity contribution in [3.05, 3.63) is 0 Å². The van der Waals surface area contributed by atoms with E-state index in [1.165, 1.54) is 4.90 Å². The van der Waals surface area contributed by atoms with Gasteiger partial charge in [0.2, 0.25) is 35.4 Å². The Labute approximate surface area is 264 Å². The molecule has 0 aromatic rings. The highest BCUT2D eigenvalue weighted by Crippen LogP contribution is 2.18. The second-order valence-electron chi connectivity index (χ2n) is 10.5. The van der Waals surface area contributed by atoms with E-state index in [2.05, 4.69) is 21.3 Å². The van der Waals surface area contributed by atoms with Crippen molar-refractivity contribution < 1.29 is 58.8 Å². The number of aliphatic hydroxyl groups is 2. The number of rotatable bonds is 21. The third kappa shape index (κ3) is 13.7. The van der Waals surface area contributed by atoms with Gasteiger partial charge in [-0.15, -0.1) is 0 Å². The molecule has 5 atom stereocenters. The Morgan fingerprint density at radius 3 is 1.96 bits per heavy atom. The first-order valence-corrected chi connectivity index (χ1v) is 14.6. The normalized spacial score (nSPS) is 16.7. The lowest BCUT2D eigenvalue weighted by molar-refractivity contribution is -0.143. The Morgan fingerprint density at radius 2 is 1.39 bits per heavy atom. The molecule has 0 spiro atoms. The van der Waals surface area contributed by atoms with Crippen molar-refractivity contribution in [2.24, 2.45) is 11.5 Å². The second kappa shape index (κ2) is 20.6. The summed E-state index contributed by atoms with van der Waals surface area (Å²) in [6.07, 6.45) is 0.702. The Balaban J connectivity index is 2.88. The molecular weight excluding hydrogens is 616 g/mol. The van der Waals surface area contributed by atoms with Gasteiger partial charge < -0.3 is 63.4 Å². The molecule has 0 aromatic carbocycles. The van der Waals surface area contributed by atoms with Crippen LogP contribution in [-0.4, -0.2) is 142 Å². The van der Waals surface area contributed by atoms with Crippen molar-refractivity contribution in [3.63, 3.8) is 0 Å². The number of carbonyl (C=O) groups is 8. The molecule has 0 aromatic heterocycles. The number of carboxylic acid groups (broad SMARTS) is 2. The van der Waals surface area contributed by atoms with E-state index in [-0.39, 0.29) is 32.4 Å². The van der Waals surface area contributed by atoms with Gasteiger partial charge in [0.15, 0.2) is 0 Å². The lowest BCUT2D eigenvalue weighted by Gasteiger charge is -2.26. The van der Waals surface area contributed by atoms with Crippen LogP contribution in [0.5, 0.6) is 0 Å². The maximum Gasteiger partial charge on any atom is 0.328 e. The number of aliphatic hydroxyl groups excluding tert-OH is 2. The molecule has 0 saturated carbocycles. The monoisotopic (exact) mass is 660 g/mol. The quantitative estimate of drug-likeness (QED) is 0.0511. The lowest BCUT2D eigenvalue weighted by atomic mass is 10.1. The zero-order chi connectivity index (χ0) is 34.8. The van der Waals surface area contributed by atoms with Crippen molar-refractivity contribution in [1.82, 2.24) is 31.5 Å². The summed E-state index contributed by atoms with van der Waals surface area (Å²) in [5, 5.41) is 47.6. The van der Waals surface area contributed by atoms with Crippen LogP contribution in [0.1, 0.15) is 44.9 Å². The molecule has 1 fully saturated rings. The number of likely N-dealkylation sites (tertiary alicyclic amines) is 1. The number of nitrogens with one attached hydrogen (secondary N) is 5. The van der Waals surface area contributed by atoms with Crippen LogP contribution in [0.15, 0.2) is 0 Å². The van der Waals surface area contributed by atoms with E-state index < -0.39 is 110 Å². The van der Waals surface area contributed by atoms with E-state index in [4.69, 9.17) is 31.9 Å². The summed E-state index contributed by atoms with van der Waals surface area (Å²) in [6.45, 7) is -2.34. The molecule has 1 rings (SSSR count). The van der Waals surface area contributed by atoms with Crippen molar-refractivity contribution in [2.45, 2.75) is 75.2 Å². The summed E-state index contributed by atoms with van der Waals surface area (Å²) in [4.78, 5) is 99.1. The van der Waals surface area contributed by atoms with Crippen LogP contribution in [0.3, 0.4) is 0 Å². The molecular formula is C26H44N8O12. The molecule has 46 heavy (non-hydrogen) atoms. The summed E-state index contributed by atoms with van der Waals surface area (Å²) in [7, 11) is 0. The molecule has 1 aliphatic rings. The molecule has 1 saturated heterocycles. The van der Waals surface area contributed by atoms with Gasteiger partial charge >= 0.3 is 11.9 Å². The fraction of sp³-hybridized carbons (Fsp3) is 0.692. The summed E-state index contributed by atoms with van der Waals surface area (Å²) >= 11 is 0. The Hall–Kier alpha value is -4.40. The third-order valence-electron chi connectivity index (χ3n) is 6.89. The van der Waals surface area contributed by atoms with Crippen molar-refractivity contribution >= 4 is 47.4 Å². The molecule has 20 heteroatoms. The minimum absolute atomic E-state index is 0.0387. The first-order valence-electron chi connectivity index (χ1n) is 14.6. The first kappa shape index (κ1) is 39.6. The predicted molar refractivity (Wildman–Crippen MR) is 156 cm³/mol. The van der Waals surface area contributed by atoms with Gasteiger partial charge in [-0.3, -0.25) is 33.6 Å². The minimum atomic E-state index is -1.60. The zero-order valence-corrected chi connectivity index (χ0v) is 25.2. The molecule has 1 aliphatic heterocycles. The van der Waals surface area contributed by atoms with E-state index in [0.29, 0.717) is 19.3 Å². The second-order valence-corrected chi connectivity index (χ2v) is 10.5. The Bertz CT molecular complexity index is 1110. The average Bonchev–Trinajstić information content (AvgIpc) is 3.51. The highest BCUT2D eigenvalue weighted by atomic mass is 16.4. The van der Waals surface area contributed by atoms with Gasteiger partial charge in [-0.05, 0) is 45.1 Å². The molecule has 0 radical (unpaired) electrons. The molecule has 6 amide bonds. The number of hydrogen-bond donors (Lipinski definition) is 11. The highest BCUT2D eigenvalue weighted by molar-refractivity contribution is 5.95. The molecule has 0 bridgehead atoms. The summed E-state index contributed by atoms with van der Waals surface area (Å²) in [5.74, 6) is -7.67. The van der Waals surface area contributed by atoms with Crippen molar-refractivity contribution in [1.29, 1.82) is 0 Å². The number of nitrogens with two attached hydrogens (primary N) is 2. The molecule has 0 aliphatic carbocycles. The fourth-order valence-corrected chi connectivity index (χ4v) is 4.42. The van der Waals surface area contributed by atoms with Crippen LogP contribution in [0, 0.1) is 0 Å². The zero-order valence-electron chi connectivity index (χ0n) is 25.2. The van der Waals surface area contributed by atoms with Crippen LogP contribution in [0.2, 0.25) is 0 Å². The van der Waals surface area contributed by atoms with Crippen LogP contribution in [0.25, 0.3) is 0 Å². The minimum Gasteiger partial charge on any atom is -0.481 e. The van der Waals surface area contributed by atoms with Crippen LogP contribution in [-0.2, 0) is 38.4 Å². The maximum atomic E-state index is 13.1. The number of aliphatic carboxylic acids is 2. The summed E-state index contributed by atoms with van der Waals surface area (Å²) in [6, 6.07) is -6.46. The number of amides is 6. The first-order chi connectivity index (χ1) is 21.7. The van der Waals surface area contributed by atoms with Gasteiger partial charge in [-0.1, -0.05) is 0 Å². The van der Waals surface area contributed by atoms with Crippen LogP contribution < -0.4 is 38.1 Å². The van der Waals surface area contributed by atoms with Gasteiger partial charge in [0.05, 0.1) is 26.3 Å². The van der Waals surface area contributed by atoms with Gasteiger partial charge in [0, 0.05) is 13.0 Å². The lowest BCUT2D eigenvalue weighted by Crippen LogP contribution is -2.56. The Morgan fingerprint density at radius 1 is 0.783 bits per heavy atom. The Kier molecular flexibility index (Phi) is 17.7. The third-order valence-corrected chi connectivity index (χ3v) is 6.89. The maximum absolute atomic E-state index is 13.1. The number of carbonyl (C=O) groups excluding carboxylic acids is 6. The SMILES string of the molecule is NCCCC[C@H](NC(=O)[C@H](CCC(=O)O)NC(=O)CNC(=O)[C@@H]1CCCN1C(=O)[C@@H](N)CO)C(=O)NCC(=O)N[C@@H](CO)C(=O)O. The summed E-state index contributed by atoms with van der Waals surface area (Å²) in [5.41, 5.74) is 11.1. The predicted octanol–water partition coefficient (Wildman–Crippen LogP) is -5.95. The van der Waals surface area contributed by atoms with Crippen molar-refractivity contribution in [2.75, 3.05) is 39.4 Å². The molecule has 1 heterocycles. The van der Waals surface area contributed by atoms with Gasteiger partial charge in [-0.2, -0.15) is 0 Å². The van der Waals surface area contributed by atoms with E-state index in [1.807, 2.05) is 5.32 Å². The largest absolute Gasteiger partial charge is 0.481 e. The smallest absolute Gasteiger partial charge is 0.328 e. The molecule has 0 unspecified atom stereocenters. The fourth-order valence-electron chi connectivity index (χ4n) is 4.42. The van der Waals surface area contributed by atoms with E-state index in [0.717, 1.165) is 0 Å². The number of unbranched alkanes of at least 4 members (excludes halogenated alkanes) is 1. The average molecular weight is 661 g/mol. The van der Waals surface area contributed by atoms with Crippen molar-refractivity contribution in [3.8, 4) is 0 Å². The number of hydrogen-bond acceptors (Lipinski definition) is 12. The summed E-state index contributed by atoms with van der Waals surface area (Å²) < 4.78 is 0. The topological polar surface area (TPSA) is 333 Å². The van der Waals surface area contributed by atoms with E-state index >= 15 is 0 Å².